The van der Waals surface area contributed by atoms with E-state index >= 15 is 0 Å². The van der Waals surface area contributed by atoms with Gasteiger partial charge < -0.3 is 16.0 Å². The lowest BCUT2D eigenvalue weighted by Crippen LogP contribution is -2.37. The zero-order valence-electron chi connectivity index (χ0n) is 19.7. The second-order valence-corrected chi connectivity index (χ2v) is 11.7. The van der Waals surface area contributed by atoms with Crippen LogP contribution < -0.4 is 16.4 Å². The highest BCUT2D eigenvalue weighted by atomic mass is 32.2. The smallest absolute Gasteiger partial charge is 0.319 e. The van der Waals surface area contributed by atoms with Gasteiger partial charge in [0.1, 0.15) is 5.00 Å². The number of urea groups is 1. The molecule has 0 saturated carbocycles. The average molecular weight is 534 g/mol. The third-order valence-electron chi connectivity index (χ3n) is 6.26. The van der Waals surface area contributed by atoms with Crippen LogP contribution in [-0.4, -0.2) is 61.0 Å². The molecule has 36 heavy (non-hydrogen) atoms. The van der Waals surface area contributed by atoms with Gasteiger partial charge in [-0.15, -0.1) is 11.3 Å². The summed E-state index contributed by atoms with van der Waals surface area (Å²) in [7, 11) is -3.63. The van der Waals surface area contributed by atoms with E-state index in [2.05, 4.69) is 5.32 Å². The molecule has 0 bridgehead atoms. The Labute approximate surface area is 212 Å². The van der Waals surface area contributed by atoms with Crippen molar-refractivity contribution in [2.45, 2.75) is 44.0 Å². The predicted octanol–water partition coefficient (Wildman–Crippen LogP) is 1.89. The van der Waals surface area contributed by atoms with Gasteiger partial charge in [-0.05, 0) is 49.1 Å². The Morgan fingerprint density at radius 2 is 1.64 bits per heavy atom. The molecule has 192 valence electrons. The van der Waals surface area contributed by atoms with E-state index in [1.165, 1.54) is 35.5 Å². The monoisotopic (exact) mass is 533 g/mol. The number of anilines is 1. The molecule has 1 aromatic heterocycles. The molecule has 13 heteroatoms. The number of carbonyl (C=O) groups is 4. The van der Waals surface area contributed by atoms with Crippen molar-refractivity contribution in [1.29, 1.82) is 0 Å². The summed E-state index contributed by atoms with van der Waals surface area (Å²) in [6, 6.07) is 4.60. The number of sulfonamides is 1. The van der Waals surface area contributed by atoms with Crippen molar-refractivity contribution in [3.63, 3.8) is 0 Å². The molecule has 4 rings (SSSR count). The Kier molecular flexibility index (Phi) is 7.43. The molecule has 1 aromatic carbocycles. The van der Waals surface area contributed by atoms with Crippen molar-refractivity contribution in [2.75, 3.05) is 25.0 Å². The molecule has 0 radical (unpaired) electrons. The summed E-state index contributed by atoms with van der Waals surface area (Å²) in [4.78, 5) is 51.3. The quantitative estimate of drug-likeness (QED) is 0.532. The van der Waals surface area contributed by atoms with E-state index in [4.69, 9.17) is 5.73 Å². The van der Waals surface area contributed by atoms with E-state index in [-0.39, 0.29) is 33.5 Å². The maximum Gasteiger partial charge on any atom is 0.319 e. The van der Waals surface area contributed by atoms with Crippen molar-refractivity contribution in [3.8, 4) is 0 Å². The fourth-order valence-electron chi connectivity index (χ4n) is 4.38. The lowest BCUT2D eigenvalue weighted by molar-refractivity contribution is -0.129. The zero-order chi connectivity index (χ0) is 26.0. The van der Waals surface area contributed by atoms with Crippen LogP contribution in [0.3, 0.4) is 0 Å². The number of nitrogens with one attached hydrogen (secondary N) is 2. The van der Waals surface area contributed by atoms with Crippen LogP contribution in [0, 0.1) is 0 Å². The number of thiophene rings is 1. The SMILES string of the molecule is CC(=O)N1CCc2c(sc(NC(=O)c3ccc(S(=O)(=O)N4CCCCC4)cc3)c2C(=O)NC(N)=O)C1. The predicted molar refractivity (Wildman–Crippen MR) is 133 cm³/mol. The van der Waals surface area contributed by atoms with Gasteiger partial charge in [0, 0.05) is 37.0 Å². The Bertz CT molecular complexity index is 1310. The minimum Gasteiger partial charge on any atom is -0.351 e. The Balaban J connectivity index is 1.58. The maximum atomic E-state index is 13.0. The van der Waals surface area contributed by atoms with Gasteiger partial charge in [-0.25, -0.2) is 13.2 Å². The first-order valence-corrected chi connectivity index (χ1v) is 13.8. The van der Waals surface area contributed by atoms with Crippen LogP contribution in [0.4, 0.5) is 9.80 Å². The normalized spacial score (nSPS) is 16.2. The van der Waals surface area contributed by atoms with Crippen molar-refractivity contribution in [1.82, 2.24) is 14.5 Å². The number of nitrogens with two attached hydrogens (primary N) is 1. The molecular weight excluding hydrogens is 506 g/mol. The van der Waals surface area contributed by atoms with Crippen molar-refractivity contribution in [3.05, 3.63) is 45.8 Å². The highest BCUT2D eigenvalue weighted by Crippen LogP contribution is 2.37. The summed E-state index contributed by atoms with van der Waals surface area (Å²) in [5, 5.41) is 4.97. The molecular formula is C23H27N5O6S2. The first-order chi connectivity index (χ1) is 17.1. The van der Waals surface area contributed by atoms with E-state index in [1.807, 2.05) is 5.32 Å². The number of carbonyl (C=O) groups excluding carboxylic acids is 4. The number of hydrogen-bond acceptors (Lipinski definition) is 7. The first-order valence-electron chi connectivity index (χ1n) is 11.5. The molecule has 4 N–H and O–H groups in total. The fourth-order valence-corrected chi connectivity index (χ4v) is 7.16. The molecule has 5 amide bonds. The van der Waals surface area contributed by atoms with Gasteiger partial charge in [-0.3, -0.25) is 19.7 Å². The molecule has 2 aliphatic heterocycles. The highest BCUT2D eigenvalue weighted by Gasteiger charge is 2.30. The summed E-state index contributed by atoms with van der Waals surface area (Å²) >= 11 is 1.15. The van der Waals surface area contributed by atoms with Gasteiger partial charge in [0.25, 0.3) is 11.8 Å². The van der Waals surface area contributed by atoms with Gasteiger partial charge in [0.2, 0.25) is 15.9 Å². The summed E-state index contributed by atoms with van der Waals surface area (Å²) in [6.07, 6.45) is 3.02. The molecule has 11 nitrogen and oxygen atoms in total. The molecule has 0 atom stereocenters. The zero-order valence-corrected chi connectivity index (χ0v) is 21.3. The Hall–Kier alpha value is -3.29. The second kappa shape index (κ2) is 10.4. The van der Waals surface area contributed by atoms with Crippen LogP contribution in [-0.2, 0) is 27.8 Å². The van der Waals surface area contributed by atoms with E-state index < -0.39 is 27.9 Å². The number of hydrogen-bond donors (Lipinski definition) is 3. The largest absolute Gasteiger partial charge is 0.351 e. The van der Waals surface area contributed by atoms with Crippen LogP contribution in [0.1, 0.15) is 57.3 Å². The molecule has 0 spiro atoms. The van der Waals surface area contributed by atoms with Crippen LogP contribution >= 0.6 is 11.3 Å². The topological polar surface area (TPSA) is 159 Å². The van der Waals surface area contributed by atoms with Gasteiger partial charge in [0.05, 0.1) is 17.0 Å². The average Bonchev–Trinajstić information content (AvgIpc) is 3.21. The molecule has 0 unspecified atom stereocenters. The van der Waals surface area contributed by atoms with Crippen molar-refractivity contribution >= 4 is 50.1 Å². The first kappa shape index (κ1) is 25.8. The van der Waals surface area contributed by atoms with E-state index in [0.29, 0.717) is 31.6 Å². The Morgan fingerprint density at radius 1 is 0.972 bits per heavy atom. The highest BCUT2D eigenvalue weighted by molar-refractivity contribution is 7.89. The number of fused-ring (bicyclic) bond motifs is 1. The summed E-state index contributed by atoms with van der Waals surface area (Å²) in [5.74, 6) is -1.40. The van der Waals surface area contributed by atoms with Crippen LogP contribution in [0.2, 0.25) is 0 Å². The van der Waals surface area contributed by atoms with Gasteiger partial charge >= 0.3 is 6.03 Å². The van der Waals surface area contributed by atoms with Crippen LogP contribution in [0.25, 0.3) is 0 Å². The number of benzene rings is 1. The number of primary amides is 1. The summed E-state index contributed by atoms with van der Waals surface area (Å²) in [6.45, 7) is 3.09. The molecule has 1 fully saturated rings. The molecule has 2 aromatic rings. The van der Waals surface area contributed by atoms with Crippen molar-refractivity contribution < 1.29 is 27.6 Å². The standard InChI is InChI=1S/C23H27N5O6S2/c1-14(29)27-12-9-17-18(13-27)35-22(19(17)21(31)26-23(24)32)25-20(30)15-5-7-16(8-6-15)36(33,34)28-10-3-2-4-11-28/h5-8H,2-4,9-13H2,1H3,(H,25,30)(H3,24,26,31,32). The summed E-state index contributed by atoms with van der Waals surface area (Å²) in [5.41, 5.74) is 6.10. The summed E-state index contributed by atoms with van der Waals surface area (Å²) < 4.78 is 27.2. The molecule has 1 saturated heterocycles. The Morgan fingerprint density at radius 3 is 2.25 bits per heavy atom. The lowest BCUT2D eigenvalue weighted by Gasteiger charge is -2.26. The number of nitrogens with zero attached hydrogens (tertiary/aromatic N) is 2. The van der Waals surface area contributed by atoms with Gasteiger partial charge in [0.15, 0.2) is 0 Å². The fraction of sp³-hybridized carbons (Fsp3) is 0.391. The van der Waals surface area contributed by atoms with Gasteiger partial charge in [-0.1, -0.05) is 6.42 Å². The second-order valence-electron chi connectivity index (χ2n) is 8.66. The minimum absolute atomic E-state index is 0.109. The van der Waals surface area contributed by atoms with Crippen molar-refractivity contribution in [2.24, 2.45) is 5.73 Å². The number of imide groups is 1. The van der Waals surface area contributed by atoms with E-state index in [0.717, 1.165) is 35.5 Å². The number of rotatable bonds is 5. The van der Waals surface area contributed by atoms with Crippen LogP contribution in [0.5, 0.6) is 0 Å². The molecule has 2 aliphatic rings. The van der Waals surface area contributed by atoms with E-state index in [9.17, 15) is 27.6 Å². The third-order valence-corrected chi connectivity index (χ3v) is 9.31. The van der Waals surface area contributed by atoms with Gasteiger partial charge in [-0.2, -0.15) is 4.31 Å². The van der Waals surface area contributed by atoms with E-state index in [1.54, 1.807) is 4.90 Å². The number of piperidine rings is 1. The molecule has 3 heterocycles. The third kappa shape index (κ3) is 5.27. The maximum absolute atomic E-state index is 13.0. The van der Waals surface area contributed by atoms with Crippen LogP contribution in [0.15, 0.2) is 29.2 Å². The molecule has 0 aliphatic carbocycles. The lowest BCUT2D eigenvalue weighted by atomic mass is 10.0. The minimum atomic E-state index is -3.63. The number of amides is 5.